The lowest BCUT2D eigenvalue weighted by atomic mass is 10.1. The van der Waals surface area contributed by atoms with Crippen LogP contribution in [0.4, 0.5) is 4.39 Å². The summed E-state index contributed by atoms with van der Waals surface area (Å²) in [6, 6.07) is 9.90. The SMILES string of the molecule is CC(N)c1ccccc1Oc1cc(F)c(Cl)cc1Br. The molecule has 2 rings (SSSR count). The molecule has 1 unspecified atom stereocenters. The molecule has 0 aromatic heterocycles. The van der Waals surface area contributed by atoms with Crippen LogP contribution in [0.5, 0.6) is 11.5 Å². The van der Waals surface area contributed by atoms with Crippen LogP contribution in [0.2, 0.25) is 5.02 Å². The van der Waals surface area contributed by atoms with Gasteiger partial charge in [-0.05, 0) is 35.0 Å². The zero-order chi connectivity index (χ0) is 14.0. The van der Waals surface area contributed by atoms with Gasteiger partial charge in [0.15, 0.2) is 0 Å². The molecule has 0 saturated carbocycles. The van der Waals surface area contributed by atoms with Crippen LogP contribution >= 0.6 is 27.5 Å². The predicted molar refractivity (Wildman–Crippen MR) is 78.2 cm³/mol. The maximum Gasteiger partial charge on any atom is 0.145 e. The minimum absolute atomic E-state index is 0.0414. The Labute approximate surface area is 124 Å². The fraction of sp³-hybridized carbons (Fsp3) is 0.143. The van der Waals surface area contributed by atoms with Gasteiger partial charge in [0.25, 0.3) is 0 Å². The van der Waals surface area contributed by atoms with Gasteiger partial charge in [-0.2, -0.15) is 0 Å². The summed E-state index contributed by atoms with van der Waals surface area (Å²) >= 11 is 8.98. The van der Waals surface area contributed by atoms with Crippen LogP contribution in [0.25, 0.3) is 0 Å². The van der Waals surface area contributed by atoms with Crippen LogP contribution in [0.15, 0.2) is 40.9 Å². The summed E-state index contributed by atoms with van der Waals surface area (Å²) in [6.07, 6.45) is 0. The van der Waals surface area contributed by atoms with Crippen LogP contribution in [0.3, 0.4) is 0 Å². The number of hydrogen-bond acceptors (Lipinski definition) is 2. The maximum absolute atomic E-state index is 13.5. The molecule has 0 amide bonds. The first-order valence-corrected chi connectivity index (χ1v) is 6.83. The summed E-state index contributed by atoms with van der Waals surface area (Å²) in [6.45, 7) is 1.86. The van der Waals surface area contributed by atoms with Gasteiger partial charge in [-0.1, -0.05) is 29.8 Å². The number of halogens is 3. The van der Waals surface area contributed by atoms with Crippen molar-refractivity contribution >= 4 is 27.5 Å². The summed E-state index contributed by atoms with van der Waals surface area (Å²) in [4.78, 5) is 0. The molecule has 2 aromatic carbocycles. The second-order valence-electron chi connectivity index (χ2n) is 4.13. The van der Waals surface area contributed by atoms with E-state index in [1.807, 2.05) is 25.1 Å². The van der Waals surface area contributed by atoms with E-state index in [9.17, 15) is 4.39 Å². The number of hydrogen-bond donors (Lipinski definition) is 1. The Morgan fingerprint density at radius 2 is 1.95 bits per heavy atom. The third kappa shape index (κ3) is 3.26. The van der Waals surface area contributed by atoms with Crippen molar-refractivity contribution in [3.8, 4) is 11.5 Å². The second-order valence-corrected chi connectivity index (χ2v) is 5.39. The summed E-state index contributed by atoms with van der Waals surface area (Å²) in [5.74, 6) is 0.424. The van der Waals surface area contributed by atoms with Gasteiger partial charge in [-0.25, -0.2) is 4.39 Å². The molecular weight excluding hydrogens is 333 g/mol. The van der Waals surface area contributed by atoms with Crippen LogP contribution in [-0.4, -0.2) is 0 Å². The molecular formula is C14H12BrClFNO. The Kier molecular flexibility index (Phi) is 4.45. The number of benzene rings is 2. The van der Waals surface area contributed by atoms with E-state index in [1.54, 1.807) is 6.07 Å². The van der Waals surface area contributed by atoms with Crippen molar-refractivity contribution in [3.63, 3.8) is 0 Å². The van der Waals surface area contributed by atoms with E-state index in [2.05, 4.69) is 15.9 Å². The molecule has 0 aliphatic heterocycles. The molecule has 19 heavy (non-hydrogen) atoms. The lowest BCUT2D eigenvalue weighted by Gasteiger charge is -2.14. The summed E-state index contributed by atoms with van der Waals surface area (Å²) in [5, 5.41) is 0.0414. The van der Waals surface area contributed by atoms with Crippen molar-refractivity contribution in [1.82, 2.24) is 0 Å². The average molecular weight is 345 g/mol. The largest absolute Gasteiger partial charge is 0.456 e. The first-order valence-electron chi connectivity index (χ1n) is 5.66. The number of para-hydroxylation sites is 1. The highest BCUT2D eigenvalue weighted by Crippen LogP contribution is 2.35. The first kappa shape index (κ1) is 14.3. The summed E-state index contributed by atoms with van der Waals surface area (Å²) in [7, 11) is 0. The van der Waals surface area contributed by atoms with Crippen LogP contribution in [0.1, 0.15) is 18.5 Å². The van der Waals surface area contributed by atoms with Crippen molar-refractivity contribution in [2.24, 2.45) is 5.73 Å². The van der Waals surface area contributed by atoms with Crippen LogP contribution in [-0.2, 0) is 0 Å². The Balaban J connectivity index is 2.39. The van der Waals surface area contributed by atoms with E-state index in [-0.39, 0.29) is 11.1 Å². The van der Waals surface area contributed by atoms with Crippen molar-refractivity contribution in [2.75, 3.05) is 0 Å². The standard InChI is InChI=1S/C14H12BrClFNO/c1-8(18)9-4-2-3-5-13(9)19-14-7-12(17)11(16)6-10(14)15/h2-8H,18H2,1H3. The van der Waals surface area contributed by atoms with Gasteiger partial charge in [0.2, 0.25) is 0 Å². The van der Waals surface area contributed by atoms with E-state index in [1.165, 1.54) is 12.1 Å². The van der Waals surface area contributed by atoms with E-state index in [0.717, 1.165) is 5.56 Å². The predicted octanol–water partition coefficient (Wildman–Crippen LogP) is 5.05. The second kappa shape index (κ2) is 5.90. The van der Waals surface area contributed by atoms with Gasteiger partial charge >= 0.3 is 0 Å². The Morgan fingerprint density at radius 3 is 2.63 bits per heavy atom. The zero-order valence-corrected chi connectivity index (χ0v) is 12.5. The maximum atomic E-state index is 13.5. The fourth-order valence-electron chi connectivity index (χ4n) is 1.65. The topological polar surface area (TPSA) is 35.2 Å². The third-order valence-electron chi connectivity index (χ3n) is 2.60. The molecule has 100 valence electrons. The zero-order valence-electron chi connectivity index (χ0n) is 10.2. The van der Waals surface area contributed by atoms with Crippen LogP contribution < -0.4 is 10.5 Å². The van der Waals surface area contributed by atoms with Crippen LogP contribution in [0, 0.1) is 5.82 Å². The van der Waals surface area contributed by atoms with Gasteiger partial charge in [-0.15, -0.1) is 0 Å². The molecule has 0 radical (unpaired) electrons. The Hall–Kier alpha value is -1.10. The average Bonchev–Trinajstić information content (AvgIpc) is 2.36. The molecule has 5 heteroatoms. The van der Waals surface area contributed by atoms with E-state index in [4.69, 9.17) is 22.1 Å². The number of rotatable bonds is 3. The van der Waals surface area contributed by atoms with Crippen molar-refractivity contribution in [1.29, 1.82) is 0 Å². The molecule has 0 fully saturated rings. The van der Waals surface area contributed by atoms with Crippen molar-refractivity contribution in [3.05, 3.63) is 57.3 Å². The fourth-order valence-corrected chi connectivity index (χ4v) is 2.37. The van der Waals surface area contributed by atoms with Gasteiger partial charge < -0.3 is 10.5 Å². The van der Waals surface area contributed by atoms with E-state index >= 15 is 0 Å². The third-order valence-corrected chi connectivity index (χ3v) is 3.51. The molecule has 2 nitrogen and oxygen atoms in total. The Morgan fingerprint density at radius 1 is 1.26 bits per heavy atom. The van der Waals surface area contributed by atoms with E-state index < -0.39 is 5.82 Å². The van der Waals surface area contributed by atoms with Gasteiger partial charge in [0.05, 0.1) is 9.50 Å². The smallest absolute Gasteiger partial charge is 0.145 e. The minimum Gasteiger partial charge on any atom is -0.456 e. The van der Waals surface area contributed by atoms with Crippen molar-refractivity contribution in [2.45, 2.75) is 13.0 Å². The highest BCUT2D eigenvalue weighted by atomic mass is 79.9. The highest BCUT2D eigenvalue weighted by molar-refractivity contribution is 9.10. The monoisotopic (exact) mass is 343 g/mol. The van der Waals surface area contributed by atoms with Gasteiger partial charge in [0.1, 0.15) is 17.3 Å². The molecule has 0 bridgehead atoms. The first-order chi connectivity index (χ1) is 8.99. The van der Waals surface area contributed by atoms with Gasteiger partial charge in [0, 0.05) is 17.7 Å². The minimum atomic E-state index is -0.529. The molecule has 0 aliphatic rings. The summed E-state index contributed by atoms with van der Waals surface area (Å²) in [5.41, 5.74) is 6.72. The number of ether oxygens (including phenoxy) is 1. The van der Waals surface area contributed by atoms with Gasteiger partial charge in [-0.3, -0.25) is 0 Å². The van der Waals surface area contributed by atoms with Crippen molar-refractivity contribution < 1.29 is 9.13 Å². The lowest BCUT2D eigenvalue weighted by molar-refractivity contribution is 0.464. The molecule has 0 heterocycles. The lowest BCUT2D eigenvalue weighted by Crippen LogP contribution is -2.06. The highest BCUT2D eigenvalue weighted by Gasteiger charge is 2.12. The normalized spacial score (nSPS) is 12.3. The molecule has 0 spiro atoms. The molecule has 0 aliphatic carbocycles. The number of nitrogens with two attached hydrogens (primary N) is 1. The van der Waals surface area contributed by atoms with E-state index in [0.29, 0.717) is 16.0 Å². The molecule has 0 saturated heterocycles. The molecule has 2 aromatic rings. The Bertz CT molecular complexity index is 604. The summed E-state index contributed by atoms with van der Waals surface area (Å²) < 4.78 is 19.8. The molecule has 2 N–H and O–H groups in total. The molecule has 1 atom stereocenters. The quantitative estimate of drug-likeness (QED) is 0.790.